The van der Waals surface area contributed by atoms with E-state index in [1.807, 2.05) is 24.3 Å². The number of hydrogen-bond acceptors (Lipinski definition) is 3. The molecule has 1 amide bonds. The third kappa shape index (κ3) is 5.02. The third-order valence-electron chi connectivity index (χ3n) is 3.11. The zero-order valence-electron chi connectivity index (χ0n) is 12.3. The lowest BCUT2D eigenvalue weighted by Crippen LogP contribution is -2.36. The van der Waals surface area contributed by atoms with Crippen molar-refractivity contribution in [2.45, 2.75) is 33.2 Å². The van der Waals surface area contributed by atoms with Gasteiger partial charge in [-0.3, -0.25) is 4.79 Å². The van der Waals surface area contributed by atoms with Crippen molar-refractivity contribution >= 4 is 5.91 Å². The fraction of sp³-hybridized carbons (Fsp3) is 0.500. The van der Waals surface area contributed by atoms with Gasteiger partial charge in [-0.2, -0.15) is 5.26 Å². The first kappa shape index (κ1) is 16.2. The summed E-state index contributed by atoms with van der Waals surface area (Å²) in [6, 6.07) is 9.84. The van der Waals surface area contributed by atoms with Crippen molar-refractivity contribution in [1.82, 2.24) is 4.90 Å². The van der Waals surface area contributed by atoms with Gasteiger partial charge < -0.3 is 10.6 Å². The molecule has 0 bridgehead atoms. The van der Waals surface area contributed by atoms with E-state index in [1.165, 1.54) is 0 Å². The molecular weight excluding hydrogens is 250 g/mol. The van der Waals surface area contributed by atoms with Crippen LogP contribution in [-0.4, -0.2) is 23.9 Å². The summed E-state index contributed by atoms with van der Waals surface area (Å²) >= 11 is 0. The van der Waals surface area contributed by atoms with Gasteiger partial charge in [-0.05, 0) is 17.0 Å². The molecule has 0 radical (unpaired) electrons. The van der Waals surface area contributed by atoms with Crippen LogP contribution in [0.3, 0.4) is 0 Å². The van der Waals surface area contributed by atoms with Crippen molar-refractivity contribution in [3.63, 3.8) is 0 Å². The van der Waals surface area contributed by atoms with Gasteiger partial charge in [0.25, 0.3) is 0 Å². The molecule has 1 aromatic rings. The molecule has 108 valence electrons. The Hall–Kier alpha value is -1.86. The lowest BCUT2D eigenvalue weighted by atomic mass is 10.0. The number of amides is 1. The summed E-state index contributed by atoms with van der Waals surface area (Å²) in [5.74, 6) is 0.456. The highest BCUT2D eigenvalue weighted by Crippen LogP contribution is 2.11. The fourth-order valence-electron chi connectivity index (χ4n) is 2.15. The number of nitrogens with two attached hydrogens (primary N) is 1. The van der Waals surface area contributed by atoms with Crippen LogP contribution in [0, 0.1) is 17.2 Å². The lowest BCUT2D eigenvalue weighted by Gasteiger charge is -2.24. The molecule has 0 fully saturated rings. The van der Waals surface area contributed by atoms with E-state index >= 15 is 0 Å². The van der Waals surface area contributed by atoms with Crippen LogP contribution in [0.15, 0.2) is 24.3 Å². The summed E-state index contributed by atoms with van der Waals surface area (Å²) < 4.78 is 0. The van der Waals surface area contributed by atoms with Crippen molar-refractivity contribution in [3.8, 4) is 6.07 Å². The Morgan fingerprint density at radius 2 is 2.00 bits per heavy atom. The van der Waals surface area contributed by atoms with Crippen LogP contribution in [0.1, 0.15) is 31.4 Å². The first-order valence-corrected chi connectivity index (χ1v) is 7.00. The molecular formula is C16H23N3O. The molecule has 1 rings (SSSR count). The second kappa shape index (κ2) is 8.34. The molecule has 20 heavy (non-hydrogen) atoms. The zero-order valence-corrected chi connectivity index (χ0v) is 12.3. The predicted octanol–water partition coefficient (Wildman–Crippen LogP) is 2.09. The standard InChI is InChI=1S/C16H23N3O/c1-13(2)12-19(9-5-8-17)16(20)10-14-6-3-4-7-15(14)11-18/h3-4,6-7,13H,5,9-12,18H2,1-2H3. The van der Waals surface area contributed by atoms with E-state index < -0.39 is 0 Å². The Labute approximate surface area is 121 Å². The highest BCUT2D eigenvalue weighted by molar-refractivity contribution is 5.79. The molecule has 0 aromatic heterocycles. The van der Waals surface area contributed by atoms with Gasteiger partial charge in [-0.1, -0.05) is 38.1 Å². The Morgan fingerprint density at radius 3 is 2.55 bits per heavy atom. The second-order valence-corrected chi connectivity index (χ2v) is 5.29. The Kier molecular flexibility index (Phi) is 6.75. The summed E-state index contributed by atoms with van der Waals surface area (Å²) in [5, 5.41) is 8.70. The minimum absolute atomic E-state index is 0.0647. The topological polar surface area (TPSA) is 70.1 Å². The van der Waals surface area contributed by atoms with E-state index in [4.69, 9.17) is 11.0 Å². The lowest BCUT2D eigenvalue weighted by molar-refractivity contribution is -0.130. The number of nitrogens with zero attached hydrogens (tertiary/aromatic N) is 2. The van der Waals surface area contributed by atoms with Crippen molar-refractivity contribution in [3.05, 3.63) is 35.4 Å². The first-order chi connectivity index (χ1) is 9.58. The van der Waals surface area contributed by atoms with Crippen LogP contribution >= 0.6 is 0 Å². The number of nitriles is 1. The van der Waals surface area contributed by atoms with Crippen molar-refractivity contribution in [1.29, 1.82) is 5.26 Å². The maximum atomic E-state index is 12.4. The minimum atomic E-state index is 0.0647. The van der Waals surface area contributed by atoms with E-state index in [0.29, 0.717) is 38.4 Å². The monoisotopic (exact) mass is 273 g/mol. The van der Waals surface area contributed by atoms with Gasteiger partial charge in [0.15, 0.2) is 0 Å². The van der Waals surface area contributed by atoms with Crippen LogP contribution in [0.2, 0.25) is 0 Å². The van der Waals surface area contributed by atoms with E-state index in [9.17, 15) is 4.79 Å². The number of carbonyl (C=O) groups is 1. The average Bonchev–Trinajstić information content (AvgIpc) is 2.43. The Balaban J connectivity index is 2.76. The van der Waals surface area contributed by atoms with Gasteiger partial charge in [0.2, 0.25) is 5.91 Å². The summed E-state index contributed by atoms with van der Waals surface area (Å²) in [4.78, 5) is 14.2. The van der Waals surface area contributed by atoms with Crippen molar-refractivity contribution in [2.24, 2.45) is 11.7 Å². The van der Waals surface area contributed by atoms with Crippen LogP contribution in [0.5, 0.6) is 0 Å². The molecule has 0 saturated carbocycles. The van der Waals surface area contributed by atoms with Crippen molar-refractivity contribution in [2.75, 3.05) is 13.1 Å². The third-order valence-corrected chi connectivity index (χ3v) is 3.11. The van der Waals surface area contributed by atoms with E-state index in [2.05, 4.69) is 19.9 Å². The second-order valence-electron chi connectivity index (χ2n) is 5.29. The van der Waals surface area contributed by atoms with E-state index in [-0.39, 0.29) is 5.91 Å². The smallest absolute Gasteiger partial charge is 0.227 e. The zero-order chi connectivity index (χ0) is 15.0. The highest BCUT2D eigenvalue weighted by atomic mass is 16.2. The van der Waals surface area contributed by atoms with Crippen molar-refractivity contribution < 1.29 is 4.79 Å². The minimum Gasteiger partial charge on any atom is -0.341 e. The molecule has 0 unspecified atom stereocenters. The number of carbonyl (C=O) groups excluding carboxylic acids is 1. The molecule has 0 aliphatic heterocycles. The largest absolute Gasteiger partial charge is 0.341 e. The van der Waals surface area contributed by atoms with Crippen LogP contribution in [0.4, 0.5) is 0 Å². The fourth-order valence-corrected chi connectivity index (χ4v) is 2.15. The number of rotatable bonds is 7. The van der Waals surface area contributed by atoms with Gasteiger partial charge in [-0.15, -0.1) is 0 Å². The van der Waals surface area contributed by atoms with Gasteiger partial charge in [0, 0.05) is 19.6 Å². The van der Waals surface area contributed by atoms with Crippen LogP contribution in [-0.2, 0) is 17.8 Å². The molecule has 4 heteroatoms. The average molecular weight is 273 g/mol. The van der Waals surface area contributed by atoms with Gasteiger partial charge in [0.1, 0.15) is 0 Å². The predicted molar refractivity (Wildman–Crippen MR) is 79.7 cm³/mol. The Morgan fingerprint density at radius 1 is 1.35 bits per heavy atom. The molecule has 0 aliphatic rings. The molecule has 0 spiro atoms. The SMILES string of the molecule is CC(C)CN(CCC#N)C(=O)Cc1ccccc1CN. The first-order valence-electron chi connectivity index (χ1n) is 7.00. The summed E-state index contributed by atoms with van der Waals surface area (Å²) in [6.07, 6.45) is 0.725. The number of benzene rings is 1. The van der Waals surface area contributed by atoms with E-state index in [0.717, 1.165) is 11.1 Å². The van der Waals surface area contributed by atoms with Gasteiger partial charge >= 0.3 is 0 Å². The quantitative estimate of drug-likeness (QED) is 0.827. The van der Waals surface area contributed by atoms with E-state index in [1.54, 1.807) is 4.90 Å². The molecule has 1 aromatic carbocycles. The Bertz CT molecular complexity index is 477. The number of hydrogen-bond donors (Lipinski definition) is 1. The summed E-state index contributed by atoms with van der Waals surface area (Å²) in [7, 11) is 0. The van der Waals surface area contributed by atoms with Gasteiger partial charge in [-0.25, -0.2) is 0 Å². The van der Waals surface area contributed by atoms with Gasteiger partial charge in [0.05, 0.1) is 18.9 Å². The summed E-state index contributed by atoms with van der Waals surface area (Å²) in [6.45, 7) is 5.76. The normalized spacial score (nSPS) is 10.3. The van der Waals surface area contributed by atoms with Crippen LogP contribution < -0.4 is 5.73 Å². The molecule has 0 heterocycles. The molecule has 4 nitrogen and oxygen atoms in total. The summed E-state index contributed by atoms with van der Waals surface area (Å²) in [5.41, 5.74) is 7.68. The van der Waals surface area contributed by atoms with Crippen LogP contribution in [0.25, 0.3) is 0 Å². The molecule has 2 N–H and O–H groups in total. The molecule has 0 aliphatic carbocycles. The maximum absolute atomic E-state index is 12.4. The molecule has 0 saturated heterocycles. The molecule has 0 atom stereocenters. The highest BCUT2D eigenvalue weighted by Gasteiger charge is 2.16. The maximum Gasteiger partial charge on any atom is 0.227 e.